The lowest BCUT2D eigenvalue weighted by Crippen LogP contribution is -2.32. The minimum atomic E-state index is -4.23. The summed E-state index contributed by atoms with van der Waals surface area (Å²) < 4.78 is 35.0. The molecule has 0 saturated heterocycles. The van der Waals surface area contributed by atoms with Crippen LogP contribution in [0.25, 0.3) is 0 Å². The molecule has 122 valence electrons. The molecule has 0 aliphatic rings. The minimum Gasteiger partial charge on any atom is -0.494 e. The molecule has 0 saturated carbocycles. The van der Waals surface area contributed by atoms with Gasteiger partial charge in [-0.05, 0) is 12.1 Å². The van der Waals surface area contributed by atoms with E-state index in [1.165, 1.54) is 13.2 Å². The molecule has 0 amide bonds. The molecule has 0 aliphatic carbocycles. The van der Waals surface area contributed by atoms with E-state index in [1.807, 2.05) is 0 Å². The fourth-order valence-corrected chi connectivity index (χ4v) is 3.28. The topological polar surface area (TPSA) is 110 Å². The third kappa shape index (κ3) is 3.67. The van der Waals surface area contributed by atoms with Crippen molar-refractivity contribution < 1.29 is 32.6 Å². The molecular weight excluding hydrogens is 338 g/mol. The number of esters is 1. The van der Waals surface area contributed by atoms with Crippen LogP contribution in [0.15, 0.2) is 17.0 Å². The average Bonchev–Trinajstić information content (AvgIpc) is 2.44. The van der Waals surface area contributed by atoms with Crippen molar-refractivity contribution in [3.05, 3.63) is 22.7 Å². The molecule has 0 heterocycles. The maximum Gasteiger partial charge on any atom is 0.341 e. The fourth-order valence-electron chi connectivity index (χ4n) is 1.68. The van der Waals surface area contributed by atoms with Gasteiger partial charge in [0.05, 0.1) is 14.2 Å². The van der Waals surface area contributed by atoms with Gasteiger partial charge in [0, 0.05) is 12.1 Å². The van der Waals surface area contributed by atoms with E-state index in [2.05, 4.69) is 4.74 Å². The number of likely N-dealkylation sites (N-methyl/N-ethyl adjacent to an activating group) is 1. The van der Waals surface area contributed by atoms with Crippen LogP contribution in [0.2, 0.25) is 5.02 Å². The summed E-state index contributed by atoms with van der Waals surface area (Å²) in [6.07, 6.45) is 0. The number of carboxylic acid groups (broad SMARTS) is 1. The number of carboxylic acids is 1. The third-order valence-electron chi connectivity index (χ3n) is 2.68. The first-order chi connectivity index (χ1) is 10.1. The van der Waals surface area contributed by atoms with Crippen molar-refractivity contribution in [1.29, 1.82) is 0 Å². The highest BCUT2D eigenvalue weighted by molar-refractivity contribution is 7.89. The predicted octanol–water partition coefficient (Wildman–Crippen LogP) is 0.840. The number of sulfonamides is 1. The number of benzene rings is 1. The van der Waals surface area contributed by atoms with Crippen LogP contribution in [0.3, 0.4) is 0 Å². The molecule has 0 radical (unpaired) electrons. The molecule has 0 unspecified atom stereocenters. The smallest absolute Gasteiger partial charge is 0.341 e. The molecule has 22 heavy (non-hydrogen) atoms. The Bertz CT molecular complexity index is 702. The Kier molecular flexibility index (Phi) is 5.75. The number of hydrogen-bond acceptors (Lipinski definition) is 6. The second-order valence-electron chi connectivity index (χ2n) is 4.13. The lowest BCUT2D eigenvalue weighted by atomic mass is 10.2. The molecule has 0 aliphatic heterocycles. The number of methoxy groups -OCH3 is 2. The first-order valence-electron chi connectivity index (χ1n) is 5.79. The highest BCUT2D eigenvalue weighted by Crippen LogP contribution is 2.33. The number of carbonyl (C=O) groups is 2. The van der Waals surface area contributed by atoms with Crippen LogP contribution in [0, 0.1) is 0 Å². The summed E-state index contributed by atoms with van der Waals surface area (Å²) >= 11 is 5.83. The van der Waals surface area contributed by atoms with Gasteiger partial charge in [0.15, 0.2) is 5.75 Å². The summed E-state index contributed by atoms with van der Waals surface area (Å²) in [7, 11) is -0.852. The lowest BCUT2D eigenvalue weighted by Gasteiger charge is -2.18. The van der Waals surface area contributed by atoms with Gasteiger partial charge in [-0.2, -0.15) is 4.31 Å². The van der Waals surface area contributed by atoms with Crippen LogP contribution < -0.4 is 4.74 Å². The van der Waals surface area contributed by atoms with Crippen molar-refractivity contribution in [1.82, 2.24) is 4.31 Å². The molecule has 1 N–H and O–H groups in total. The molecule has 1 rings (SSSR count). The normalized spacial score (nSPS) is 11.3. The summed E-state index contributed by atoms with van der Waals surface area (Å²) in [4.78, 5) is 22.0. The molecule has 0 atom stereocenters. The molecule has 0 aromatic heterocycles. The largest absolute Gasteiger partial charge is 0.494 e. The maximum absolute atomic E-state index is 12.4. The number of carbonyl (C=O) groups excluding carboxylic acids is 1. The zero-order chi connectivity index (χ0) is 17.1. The van der Waals surface area contributed by atoms with Crippen LogP contribution in [-0.2, 0) is 19.6 Å². The standard InChI is InChI=1S/C12H14ClNO7S/c1-14(6-10(15)16)22(18,19)9-5-7(13)4-8(11(9)20-2)12(17)21-3/h4-5H,6H2,1-3H3,(H,15,16). The van der Waals surface area contributed by atoms with E-state index in [0.717, 1.165) is 20.2 Å². The van der Waals surface area contributed by atoms with Gasteiger partial charge in [0.2, 0.25) is 10.0 Å². The summed E-state index contributed by atoms with van der Waals surface area (Å²) in [5.41, 5.74) is -0.181. The van der Waals surface area contributed by atoms with E-state index >= 15 is 0 Å². The first-order valence-corrected chi connectivity index (χ1v) is 7.61. The Morgan fingerprint density at radius 3 is 2.36 bits per heavy atom. The zero-order valence-electron chi connectivity index (χ0n) is 12.0. The van der Waals surface area contributed by atoms with Crippen LogP contribution in [0.1, 0.15) is 10.4 Å². The van der Waals surface area contributed by atoms with Crippen molar-refractivity contribution in [3.8, 4) is 5.75 Å². The summed E-state index contributed by atoms with van der Waals surface area (Å²) in [6.45, 7) is -0.758. The van der Waals surface area contributed by atoms with Crippen molar-refractivity contribution in [2.75, 3.05) is 27.8 Å². The molecule has 1 aromatic rings. The Balaban J connectivity index is 3.56. The summed E-state index contributed by atoms with van der Waals surface area (Å²) in [5, 5.41) is 8.68. The third-order valence-corrected chi connectivity index (χ3v) is 4.70. The van der Waals surface area contributed by atoms with Gasteiger partial charge in [0.1, 0.15) is 17.0 Å². The van der Waals surface area contributed by atoms with Gasteiger partial charge in [-0.3, -0.25) is 4.79 Å². The van der Waals surface area contributed by atoms with E-state index in [9.17, 15) is 18.0 Å². The quantitative estimate of drug-likeness (QED) is 0.756. The first kappa shape index (κ1) is 18.2. The SMILES string of the molecule is COC(=O)c1cc(Cl)cc(S(=O)(=O)N(C)CC(=O)O)c1OC. The molecule has 10 heteroatoms. The van der Waals surface area contributed by atoms with Crippen molar-refractivity contribution in [3.63, 3.8) is 0 Å². The number of aliphatic carboxylic acids is 1. The minimum absolute atomic E-state index is 0.0384. The Labute approximate surface area is 132 Å². The lowest BCUT2D eigenvalue weighted by molar-refractivity contribution is -0.137. The molecule has 0 fully saturated rings. The second-order valence-corrected chi connectivity index (χ2v) is 6.58. The molecule has 0 spiro atoms. The molecule has 8 nitrogen and oxygen atoms in total. The highest BCUT2D eigenvalue weighted by Gasteiger charge is 2.30. The van der Waals surface area contributed by atoms with Crippen molar-refractivity contribution in [2.24, 2.45) is 0 Å². The fraction of sp³-hybridized carbons (Fsp3) is 0.333. The van der Waals surface area contributed by atoms with Crippen LogP contribution >= 0.6 is 11.6 Å². The van der Waals surface area contributed by atoms with E-state index in [4.69, 9.17) is 21.4 Å². The van der Waals surface area contributed by atoms with Gasteiger partial charge in [0.25, 0.3) is 0 Å². The molecular formula is C12H14ClNO7S. The predicted molar refractivity (Wildman–Crippen MR) is 76.8 cm³/mol. The zero-order valence-corrected chi connectivity index (χ0v) is 13.6. The van der Waals surface area contributed by atoms with Crippen LogP contribution in [0.5, 0.6) is 5.75 Å². The number of ether oxygens (including phenoxy) is 2. The Morgan fingerprint density at radius 1 is 1.32 bits per heavy atom. The highest BCUT2D eigenvalue weighted by atomic mass is 35.5. The van der Waals surface area contributed by atoms with Gasteiger partial charge >= 0.3 is 11.9 Å². The Hall–Kier alpha value is -1.84. The van der Waals surface area contributed by atoms with E-state index < -0.39 is 33.4 Å². The number of nitrogens with zero attached hydrogens (tertiary/aromatic N) is 1. The van der Waals surface area contributed by atoms with E-state index in [1.54, 1.807) is 0 Å². The average molecular weight is 352 g/mol. The summed E-state index contributed by atoms with van der Waals surface area (Å²) in [5.74, 6) is -2.44. The monoisotopic (exact) mass is 351 g/mol. The van der Waals surface area contributed by atoms with Gasteiger partial charge < -0.3 is 14.6 Å². The Morgan fingerprint density at radius 2 is 1.91 bits per heavy atom. The van der Waals surface area contributed by atoms with Crippen molar-refractivity contribution >= 4 is 33.6 Å². The van der Waals surface area contributed by atoms with E-state index in [-0.39, 0.29) is 16.3 Å². The molecule has 1 aromatic carbocycles. The second kappa shape index (κ2) is 6.95. The number of rotatable bonds is 6. The van der Waals surface area contributed by atoms with Gasteiger partial charge in [-0.1, -0.05) is 11.6 Å². The van der Waals surface area contributed by atoms with Crippen LogP contribution in [-0.4, -0.2) is 57.6 Å². The van der Waals surface area contributed by atoms with E-state index in [0.29, 0.717) is 4.31 Å². The number of halogens is 1. The summed E-state index contributed by atoms with van der Waals surface area (Å²) in [6, 6.07) is 2.27. The van der Waals surface area contributed by atoms with Crippen LogP contribution in [0.4, 0.5) is 0 Å². The maximum atomic E-state index is 12.4. The van der Waals surface area contributed by atoms with Crippen molar-refractivity contribution in [2.45, 2.75) is 4.90 Å². The van der Waals surface area contributed by atoms with Gasteiger partial charge in [-0.25, -0.2) is 13.2 Å². The van der Waals surface area contributed by atoms with Gasteiger partial charge in [-0.15, -0.1) is 0 Å². The number of hydrogen-bond donors (Lipinski definition) is 1. The molecule has 0 bridgehead atoms.